The SMILES string of the molecule is O=C(N[C@@H](Cc1ccc(OCc2ccccc2)c(OCc2ccccc2)c1)C(=O)O)c1cccc(C(F)(F)F)c1. The molecule has 1 amide bonds. The van der Waals surface area contributed by atoms with Gasteiger partial charge in [-0.1, -0.05) is 72.8 Å². The highest BCUT2D eigenvalue weighted by molar-refractivity contribution is 5.96. The minimum Gasteiger partial charge on any atom is -0.485 e. The van der Waals surface area contributed by atoms with Crippen molar-refractivity contribution >= 4 is 11.9 Å². The molecular weight excluding hydrogens is 523 g/mol. The summed E-state index contributed by atoms with van der Waals surface area (Å²) in [5, 5.41) is 12.1. The molecule has 0 aliphatic carbocycles. The van der Waals surface area contributed by atoms with Gasteiger partial charge in [0, 0.05) is 12.0 Å². The van der Waals surface area contributed by atoms with Crippen molar-refractivity contribution in [2.45, 2.75) is 31.9 Å². The lowest BCUT2D eigenvalue weighted by molar-refractivity contribution is -0.139. The zero-order valence-electron chi connectivity index (χ0n) is 21.2. The molecule has 1 atom stereocenters. The van der Waals surface area contributed by atoms with Crippen LogP contribution in [-0.4, -0.2) is 23.0 Å². The minimum absolute atomic E-state index is 0.138. The summed E-state index contributed by atoms with van der Waals surface area (Å²) in [4.78, 5) is 24.6. The number of hydrogen-bond acceptors (Lipinski definition) is 4. The van der Waals surface area contributed by atoms with Crippen LogP contribution in [0.15, 0.2) is 103 Å². The van der Waals surface area contributed by atoms with Crippen molar-refractivity contribution in [3.05, 3.63) is 131 Å². The Morgan fingerprint density at radius 2 is 1.32 bits per heavy atom. The Labute approximate surface area is 229 Å². The molecule has 4 aromatic rings. The van der Waals surface area contributed by atoms with Crippen molar-refractivity contribution in [2.75, 3.05) is 0 Å². The smallest absolute Gasteiger partial charge is 0.416 e. The van der Waals surface area contributed by atoms with Gasteiger partial charge >= 0.3 is 12.1 Å². The van der Waals surface area contributed by atoms with Gasteiger partial charge in [0.2, 0.25) is 0 Å². The van der Waals surface area contributed by atoms with E-state index in [4.69, 9.17) is 9.47 Å². The van der Waals surface area contributed by atoms with Crippen molar-refractivity contribution in [1.29, 1.82) is 0 Å². The fourth-order valence-electron chi connectivity index (χ4n) is 3.90. The number of hydrogen-bond donors (Lipinski definition) is 2. The third-order valence-corrected chi connectivity index (χ3v) is 5.98. The molecule has 0 heterocycles. The minimum atomic E-state index is -4.64. The van der Waals surface area contributed by atoms with Crippen molar-refractivity contribution in [2.24, 2.45) is 0 Å². The molecule has 6 nitrogen and oxygen atoms in total. The first kappa shape index (κ1) is 28.2. The van der Waals surface area contributed by atoms with Gasteiger partial charge in [-0.25, -0.2) is 4.79 Å². The average Bonchev–Trinajstić information content (AvgIpc) is 2.95. The van der Waals surface area contributed by atoms with Crippen LogP contribution in [0.2, 0.25) is 0 Å². The quantitative estimate of drug-likeness (QED) is 0.230. The van der Waals surface area contributed by atoms with E-state index >= 15 is 0 Å². The number of alkyl halides is 3. The highest BCUT2D eigenvalue weighted by atomic mass is 19.4. The van der Waals surface area contributed by atoms with Gasteiger partial charge in [0.15, 0.2) is 11.5 Å². The molecule has 0 radical (unpaired) electrons. The van der Waals surface area contributed by atoms with E-state index < -0.39 is 29.7 Å². The average molecular weight is 550 g/mol. The molecule has 4 aromatic carbocycles. The molecule has 9 heteroatoms. The van der Waals surface area contributed by atoms with Gasteiger partial charge in [-0.2, -0.15) is 13.2 Å². The van der Waals surface area contributed by atoms with Gasteiger partial charge in [-0.15, -0.1) is 0 Å². The van der Waals surface area contributed by atoms with Gasteiger partial charge in [0.1, 0.15) is 19.3 Å². The molecule has 0 aliphatic rings. The van der Waals surface area contributed by atoms with Crippen LogP contribution < -0.4 is 14.8 Å². The summed E-state index contributed by atoms with van der Waals surface area (Å²) in [6, 6.07) is 26.3. The highest BCUT2D eigenvalue weighted by Gasteiger charge is 2.31. The third kappa shape index (κ3) is 7.86. The largest absolute Gasteiger partial charge is 0.485 e. The normalized spacial score (nSPS) is 11.9. The number of nitrogens with one attached hydrogen (secondary N) is 1. The zero-order chi connectivity index (χ0) is 28.5. The van der Waals surface area contributed by atoms with E-state index in [0.29, 0.717) is 23.1 Å². The summed E-state index contributed by atoms with van der Waals surface area (Å²) in [6.07, 6.45) is -4.77. The predicted molar refractivity (Wildman–Crippen MR) is 142 cm³/mol. The van der Waals surface area contributed by atoms with Crippen LogP contribution in [-0.2, 0) is 30.6 Å². The number of carboxylic acids is 1. The van der Waals surface area contributed by atoms with Gasteiger partial charge in [-0.3, -0.25) is 4.79 Å². The molecule has 0 aromatic heterocycles. The van der Waals surface area contributed by atoms with Crippen LogP contribution in [0, 0.1) is 0 Å². The molecule has 0 fully saturated rings. The number of carboxylic acid groups (broad SMARTS) is 1. The van der Waals surface area contributed by atoms with Crippen LogP contribution in [0.1, 0.15) is 32.6 Å². The van der Waals surface area contributed by atoms with Crippen LogP contribution in [0.3, 0.4) is 0 Å². The monoisotopic (exact) mass is 549 g/mol. The predicted octanol–water partition coefficient (Wildman–Crippen LogP) is 6.29. The Morgan fingerprint density at radius 1 is 0.725 bits per heavy atom. The number of carbonyl (C=O) groups excluding carboxylic acids is 1. The van der Waals surface area contributed by atoms with Crippen molar-refractivity contribution < 1.29 is 37.3 Å². The Bertz CT molecular complexity index is 1440. The van der Waals surface area contributed by atoms with Crippen molar-refractivity contribution in [3.8, 4) is 11.5 Å². The van der Waals surface area contributed by atoms with E-state index in [0.717, 1.165) is 23.3 Å². The molecule has 2 N–H and O–H groups in total. The van der Waals surface area contributed by atoms with Crippen LogP contribution >= 0.6 is 0 Å². The standard InChI is InChI=1S/C31H26F3NO5/c32-31(33,34)25-13-7-12-24(18-25)29(36)35-26(30(37)38)16-23-14-15-27(39-19-21-8-3-1-4-9-21)28(17-23)40-20-22-10-5-2-6-11-22/h1-15,17-18,26H,16,19-20H2,(H,35,36)(H,37,38)/t26-/m0/s1. The Hall–Kier alpha value is -4.79. The summed E-state index contributed by atoms with van der Waals surface area (Å²) < 4.78 is 51.2. The molecular formula is C31H26F3NO5. The number of carbonyl (C=O) groups is 2. The lowest BCUT2D eigenvalue weighted by Gasteiger charge is -2.18. The first-order valence-corrected chi connectivity index (χ1v) is 12.4. The maximum atomic E-state index is 13.1. The molecule has 0 saturated carbocycles. The molecule has 0 aliphatic heterocycles. The molecule has 0 bridgehead atoms. The summed E-state index contributed by atoms with van der Waals surface area (Å²) in [5.41, 5.74) is 1.09. The third-order valence-electron chi connectivity index (χ3n) is 5.98. The summed E-state index contributed by atoms with van der Waals surface area (Å²) in [5.74, 6) is -1.44. The molecule has 206 valence electrons. The van der Waals surface area contributed by atoms with E-state index in [9.17, 15) is 27.9 Å². The highest BCUT2D eigenvalue weighted by Crippen LogP contribution is 2.31. The lowest BCUT2D eigenvalue weighted by Crippen LogP contribution is -2.42. The summed E-state index contributed by atoms with van der Waals surface area (Å²) in [7, 11) is 0. The molecule has 0 unspecified atom stereocenters. The number of amides is 1. The number of aliphatic carboxylic acids is 1. The van der Waals surface area contributed by atoms with E-state index in [2.05, 4.69) is 5.32 Å². The number of halogens is 3. The maximum absolute atomic E-state index is 13.1. The number of benzene rings is 4. The fourth-order valence-corrected chi connectivity index (χ4v) is 3.90. The van der Waals surface area contributed by atoms with Crippen molar-refractivity contribution in [1.82, 2.24) is 5.32 Å². The Morgan fingerprint density at radius 3 is 1.90 bits per heavy atom. The van der Waals surface area contributed by atoms with Gasteiger partial charge in [-0.05, 0) is 47.0 Å². The van der Waals surface area contributed by atoms with Gasteiger partial charge < -0.3 is 19.9 Å². The van der Waals surface area contributed by atoms with Gasteiger partial charge in [0.05, 0.1) is 5.56 Å². The molecule has 40 heavy (non-hydrogen) atoms. The van der Waals surface area contributed by atoms with Crippen LogP contribution in [0.4, 0.5) is 13.2 Å². The fraction of sp³-hybridized carbons (Fsp3) is 0.161. The molecule has 0 saturated heterocycles. The Kier molecular flexibility index (Phi) is 9.06. The van der Waals surface area contributed by atoms with Gasteiger partial charge in [0.25, 0.3) is 5.91 Å². The van der Waals surface area contributed by atoms with Crippen LogP contribution in [0.5, 0.6) is 11.5 Å². The van der Waals surface area contributed by atoms with Crippen LogP contribution in [0.25, 0.3) is 0 Å². The van der Waals surface area contributed by atoms with E-state index in [1.807, 2.05) is 60.7 Å². The first-order chi connectivity index (χ1) is 19.2. The second-order valence-corrected chi connectivity index (χ2v) is 8.98. The van der Waals surface area contributed by atoms with E-state index in [1.165, 1.54) is 6.07 Å². The molecule has 0 spiro atoms. The number of ether oxygens (including phenoxy) is 2. The second-order valence-electron chi connectivity index (χ2n) is 8.98. The zero-order valence-corrected chi connectivity index (χ0v) is 21.2. The topological polar surface area (TPSA) is 84.9 Å². The van der Waals surface area contributed by atoms with E-state index in [1.54, 1.807) is 18.2 Å². The summed E-state index contributed by atoms with van der Waals surface area (Å²) in [6.45, 7) is 0.521. The first-order valence-electron chi connectivity index (χ1n) is 12.4. The second kappa shape index (κ2) is 12.8. The Balaban J connectivity index is 1.52. The number of rotatable bonds is 11. The lowest BCUT2D eigenvalue weighted by atomic mass is 10.0. The van der Waals surface area contributed by atoms with Crippen molar-refractivity contribution in [3.63, 3.8) is 0 Å². The molecule has 4 rings (SSSR count). The maximum Gasteiger partial charge on any atom is 0.416 e. The summed E-state index contributed by atoms with van der Waals surface area (Å²) >= 11 is 0. The van der Waals surface area contributed by atoms with E-state index in [-0.39, 0.29) is 25.2 Å².